The minimum absolute atomic E-state index is 0.101. The van der Waals surface area contributed by atoms with Crippen LogP contribution in [0.25, 0.3) is 0 Å². The van der Waals surface area contributed by atoms with Gasteiger partial charge in [0, 0.05) is 43.1 Å². The average Bonchev–Trinajstić information content (AvgIpc) is 2.37. The second-order valence-electron chi connectivity index (χ2n) is 4.48. The van der Waals surface area contributed by atoms with Gasteiger partial charge in [0.1, 0.15) is 0 Å². The lowest BCUT2D eigenvalue weighted by atomic mass is 10.0. The lowest BCUT2D eigenvalue weighted by Gasteiger charge is -2.35. The van der Waals surface area contributed by atoms with Gasteiger partial charge in [0.25, 0.3) is 0 Å². The molecule has 1 atom stereocenters. The highest BCUT2D eigenvalue weighted by Crippen LogP contribution is 2.29. The number of nitrogens with zero attached hydrogens (tertiary/aromatic N) is 1. The molecule has 1 aromatic carbocycles. The van der Waals surface area contributed by atoms with Gasteiger partial charge >= 0.3 is 0 Å². The molecule has 0 bridgehead atoms. The zero-order valence-corrected chi connectivity index (χ0v) is 11.7. The first-order chi connectivity index (χ1) is 8.66. The second kappa shape index (κ2) is 6.59. The predicted octanol–water partition coefficient (Wildman–Crippen LogP) is 3.05. The molecule has 1 N–H and O–H groups in total. The van der Waals surface area contributed by atoms with E-state index in [0.717, 1.165) is 36.2 Å². The summed E-state index contributed by atoms with van der Waals surface area (Å²) in [6.07, 6.45) is -2.37. The maximum absolute atomic E-state index is 12.8. The Morgan fingerprint density at radius 1 is 1.28 bits per heavy atom. The molecule has 1 fully saturated rings. The Hall–Kier alpha value is -0.520. The SMILES string of the molecule is FC(F)C[C@H](c1cccc(Br)c1)N1CCNCC1. The summed E-state index contributed by atoms with van der Waals surface area (Å²) >= 11 is 3.40. The van der Waals surface area contributed by atoms with Crippen LogP contribution in [-0.4, -0.2) is 37.5 Å². The van der Waals surface area contributed by atoms with Crippen molar-refractivity contribution in [3.05, 3.63) is 34.3 Å². The molecule has 100 valence electrons. The largest absolute Gasteiger partial charge is 0.314 e. The monoisotopic (exact) mass is 318 g/mol. The molecule has 0 amide bonds. The minimum Gasteiger partial charge on any atom is -0.314 e. The summed E-state index contributed by atoms with van der Waals surface area (Å²) in [6.45, 7) is 3.38. The Bertz CT molecular complexity index is 381. The Morgan fingerprint density at radius 3 is 2.61 bits per heavy atom. The van der Waals surface area contributed by atoms with Crippen LogP contribution >= 0.6 is 15.9 Å². The van der Waals surface area contributed by atoms with E-state index >= 15 is 0 Å². The lowest BCUT2D eigenvalue weighted by Crippen LogP contribution is -2.45. The number of hydrogen-bond acceptors (Lipinski definition) is 2. The molecule has 2 rings (SSSR count). The Labute approximate surface area is 114 Å². The van der Waals surface area contributed by atoms with Crippen LogP contribution in [0.1, 0.15) is 18.0 Å². The highest BCUT2D eigenvalue weighted by Gasteiger charge is 2.25. The van der Waals surface area contributed by atoms with Gasteiger partial charge in [-0.15, -0.1) is 0 Å². The highest BCUT2D eigenvalue weighted by molar-refractivity contribution is 9.10. The van der Waals surface area contributed by atoms with Crippen LogP contribution in [0.15, 0.2) is 28.7 Å². The summed E-state index contributed by atoms with van der Waals surface area (Å²) in [4.78, 5) is 2.14. The fourth-order valence-electron chi connectivity index (χ4n) is 2.37. The number of hydrogen-bond donors (Lipinski definition) is 1. The van der Waals surface area contributed by atoms with Crippen molar-refractivity contribution in [2.24, 2.45) is 0 Å². The van der Waals surface area contributed by atoms with Gasteiger partial charge in [-0.25, -0.2) is 8.78 Å². The first kappa shape index (κ1) is 13.9. The van der Waals surface area contributed by atoms with Crippen molar-refractivity contribution in [1.82, 2.24) is 10.2 Å². The van der Waals surface area contributed by atoms with Crippen molar-refractivity contribution in [1.29, 1.82) is 0 Å². The molecular weight excluding hydrogens is 302 g/mol. The maximum Gasteiger partial charge on any atom is 0.240 e. The van der Waals surface area contributed by atoms with E-state index in [1.807, 2.05) is 24.3 Å². The maximum atomic E-state index is 12.8. The number of halogens is 3. The fourth-order valence-corrected chi connectivity index (χ4v) is 2.79. The molecule has 1 aliphatic heterocycles. The normalized spacial score (nSPS) is 19.1. The van der Waals surface area contributed by atoms with Gasteiger partial charge in [-0.1, -0.05) is 28.1 Å². The van der Waals surface area contributed by atoms with Crippen LogP contribution in [0.4, 0.5) is 8.78 Å². The topological polar surface area (TPSA) is 15.3 Å². The van der Waals surface area contributed by atoms with E-state index < -0.39 is 6.43 Å². The standard InChI is InChI=1S/C13H17BrF2N2/c14-11-3-1-2-10(8-11)12(9-13(15)16)18-6-4-17-5-7-18/h1-3,8,12-13,17H,4-7,9H2/t12-/m1/s1. The molecule has 1 heterocycles. The summed E-state index contributed by atoms with van der Waals surface area (Å²) < 4.78 is 26.5. The summed E-state index contributed by atoms with van der Waals surface area (Å²) in [7, 11) is 0. The van der Waals surface area contributed by atoms with E-state index in [-0.39, 0.29) is 12.5 Å². The number of alkyl halides is 2. The van der Waals surface area contributed by atoms with Crippen molar-refractivity contribution in [3.63, 3.8) is 0 Å². The second-order valence-corrected chi connectivity index (χ2v) is 5.40. The van der Waals surface area contributed by atoms with Gasteiger partial charge in [0.05, 0.1) is 0 Å². The van der Waals surface area contributed by atoms with E-state index in [2.05, 4.69) is 26.1 Å². The van der Waals surface area contributed by atoms with Crippen LogP contribution in [0.2, 0.25) is 0 Å². The van der Waals surface area contributed by atoms with Gasteiger partial charge in [-0.05, 0) is 17.7 Å². The molecule has 0 aromatic heterocycles. The Kier molecular flexibility index (Phi) is 5.09. The summed E-state index contributed by atoms with van der Waals surface area (Å²) in [5.41, 5.74) is 0.964. The van der Waals surface area contributed by atoms with E-state index in [1.165, 1.54) is 0 Å². The van der Waals surface area contributed by atoms with Crippen LogP contribution in [0.5, 0.6) is 0 Å². The third kappa shape index (κ3) is 3.73. The molecule has 1 aromatic rings. The van der Waals surface area contributed by atoms with E-state index in [1.54, 1.807) is 0 Å². The summed E-state index contributed by atoms with van der Waals surface area (Å²) in [5, 5.41) is 3.25. The predicted molar refractivity (Wildman–Crippen MR) is 71.9 cm³/mol. The number of rotatable bonds is 4. The summed E-state index contributed by atoms with van der Waals surface area (Å²) in [6, 6.07) is 7.50. The Morgan fingerprint density at radius 2 is 2.00 bits per heavy atom. The van der Waals surface area contributed by atoms with E-state index in [0.29, 0.717) is 0 Å². The highest BCUT2D eigenvalue weighted by atomic mass is 79.9. The number of piperazine rings is 1. The third-order valence-corrected chi connectivity index (χ3v) is 3.72. The lowest BCUT2D eigenvalue weighted by molar-refractivity contribution is 0.0739. The molecule has 0 radical (unpaired) electrons. The van der Waals surface area contributed by atoms with Crippen LogP contribution in [0, 0.1) is 0 Å². The first-order valence-electron chi connectivity index (χ1n) is 6.15. The Balaban J connectivity index is 2.18. The van der Waals surface area contributed by atoms with Gasteiger partial charge < -0.3 is 5.32 Å². The molecule has 0 unspecified atom stereocenters. The van der Waals surface area contributed by atoms with Gasteiger partial charge in [0.15, 0.2) is 0 Å². The average molecular weight is 319 g/mol. The van der Waals surface area contributed by atoms with Crippen LogP contribution < -0.4 is 5.32 Å². The third-order valence-electron chi connectivity index (χ3n) is 3.23. The van der Waals surface area contributed by atoms with Crippen molar-refractivity contribution in [2.45, 2.75) is 18.9 Å². The van der Waals surface area contributed by atoms with Crippen LogP contribution in [0.3, 0.4) is 0 Å². The molecule has 2 nitrogen and oxygen atoms in total. The fraction of sp³-hybridized carbons (Fsp3) is 0.538. The van der Waals surface area contributed by atoms with Gasteiger partial charge in [-0.2, -0.15) is 0 Å². The smallest absolute Gasteiger partial charge is 0.240 e. The first-order valence-corrected chi connectivity index (χ1v) is 6.94. The molecule has 0 spiro atoms. The van der Waals surface area contributed by atoms with Crippen molar-refractivity contribution >= 4 is 15.9 Å². The van der Waals surface area contributed by atoms with Crippen molar-refractivity contribution in [3.8, 4) is 0 Å². The molecular formula is C13H17BrF2N2. The minimum atomic E-state index is -2.27. The van der Waals surface area contributed by atoms with E-state index in [4.69, 9.17) is 0 Å². The van der Waals surface area contributed by atoms with Gasteiger partial charge in [0.2, 0.25) is 6.43 Å². The molecule has 1 saturated heterocycles. The van der Waals surface area contributed by atoms with Gasteiger partial charge in [-0.3, -0.25) is 4.90 Å². The van der Waals surface area contributed by atoms with Crippen molar-refractivity contribution < 1.29 is 8.78 Å². The molecule has 1 aliphatic rings. The molecule has 18 heavy (non-hydrogen) atoms. The summed E-state index contributed by atoms with van der Waals surface area (Å²) in [5.74, 6) is 0. The molecule has 5 heteroatoms. The quantitative estimate of drug-likeness (QED) is 0.918. The zero-order chi connectivity index (χ0) is 13.0. The molecule has 0 saturated carbocycles. The number of benzene rings is 1. The van der Waals surface area contributed by atoms with Crippen molar-refractivity contribution in [2.75, 3.05) is 26.2 Å². The zero-order valence-electron chi connectivity index (χ0n) is 10.1. The van der Waals surface area contributed by atoms with Crippen LogP contribution in [-0.2, 0) is 0 Å². The number of nitrogens with one attached hydrogen (secondary N) is 1. The molecule has 0 aliphatic carbocycles. The van der Waals surface area contributed by atoms with E-state index in [9.17, 15) is 8.78 Å².